The van der Waals surface area contributed by atoms with E-state index in [2.05, 4.69) is 5.32 Å². The quantitative estimate of drug-likeness (QED) is 0.538. The van der Waals surface area contributed by atoms with Gasteiger partial charge in [-0.1, -0.05) is 19.3 Å². The Morgan fingerprint density at radius 3 is 2.25 bits per heavy atom. The van der Waals surface area contributed by atoms with Gasteiger partial charge in [-0.05, 0) is 25.7 Å². The van der Waals surface area contributed by atoms with Crippen molar-refractivity contribution in [3.63, 3.8) is 0 Å². The van der Waals surface area contributed by atoms with Crippen molar-refractivity contribution in [2.24, 2.45) is 5.73 Å². The third-order valence-corrected chi connectivity index (χ3v) is 3.68. The predicted octanol–water partition coefficient (Wildman–Crippen LogP) is 0.472. The van der Waals surface area contributed by atoms with Crippen molar-refractivity contribution in [3.05, 3.63) is 0 Å². The van der Waals surface area contributed by atoms with Crippen molar-refractivity contribution < 1.29 is 24.6 Å². The Morgan fingerprint density at radius 2 is 1.75 bits per heavy atom. The summed E-state index contributed by atoms with van der Waals surface area (Å²) in [5.74, 6) is -2.59. The van der Waals surface area contributed by atoms with E-state index in [1.165, 1.54) is 0 Å². The molecule has 0 saturated heterocycles. The molecule has 1 saturated carbocycles. The Bertz CT molecular complexity index is 377. The van der Waals surface area contributed by atoms with Crippen LogP contribution < -0.4 is 11.1 Å². The van der Waals surface area contributed by atoms with Crippen LogP contribution in [0.25, 0.3) is 0 Å². The van der Waals surface area contributed by atoms with Crippen LogP contribution in [0.1, 0.15) is 51.4 Å². The molecule has 114 valence electrons. The van der Waals surface area contributed by atoms with E-state index in [9.17, 15) is 14.4 Å². The molecule has 0 radical (unpaired) electrons. The van der Waals surface area contributed by atoms with Crippen LogP contribution in [0, 0.1) is 0 Å². The van der Waals surface area contributed by atoms with E-state index >= 15 is 0 Å². The molecule has 0 aliphatic heterocycles. The fourth-order valence-electron chi connectivity index (χ4n) is 2.43. The van der Waals surface area contributed by atoms with Gasteiger partial charge >= 0.3 is 11.9 Å². The molecule has 7 heteroatoms. The lowest BCUT2D eigenvalue weighted by Crippen LogP contribution is -2.58. The summed E-state index contributed by atoms with van der Waals surface area (Å²) in [5, 5.41) is 20.0. The zero-order valence-electron chi connectivity index (χ0n) is 11.4. The van der Waals surface area contributed by atoms with E-state index in [0.717, 1.165) is 19.3 Å². The summed E-state index contributed by atoms with van der Waals surface area (Å²) in [6.07, 6.45) is 4.04. The number of nitrogens with one attached hydrogen (secondary N) is 1. The summed E-state index contributed by atoms with van der Waals surface area (Å²) in [6.45, 7) is 0. The van der Waals surface area contributed by atoms with E-state index in [1.807, 2.05) is 0 Å². The number of hydrogen-bond donors (Lipinski definition) is 4. The summed E-state index contributed by atoms with van der Waals surface area (Å²) < 4.78 is 0. The van der Waals surface area contributed by atoms with Crippen LogP contribution in [0.3, 0.4) is 0 Å². The number of rotatable bonds is 7. The maximum atomic E-state index is 12.1. The lowest BCUT2D eigenvalue weighted by atomic mass is 9.81. The molecule has 5 N–H and O–H groups in total. The summed E-state index contributed by atoms with van der Waals surface area (Å²) >= 11 is 0. The number of carbonyl (C=O) groups is 3. The normalized spacial score (nSPS) is 19.1. The third kappa shape index (κ3) is 4.80. The molecule has 20 heavy (non-hydrogen) atoms. The maximum Gasteiger partial charge on any atom is 0.326 e. The zero-order chi connectivity index (χ0) is 15.2. The first kappa shape index (κ1) is 16.4. The molecule has 0 bridgehead atoms. The highest BCUT2D eigenvalue weighted by atomic mass is 16.4. The summed E-state index contributed by atoms with van der Waals surface area (Å²) in [5.41, 5.74) is 5.04. The molecule has 1 amide bonds. The maximum absolute atomic E-state index is 12.1. The lowest BCUT2D eigenvalue weighted by Gasteiger charge is -2.32. The molecule has 1 atom stereocenters. The Balaban J connectivity index is 2.53. The first-order valence-electron chi connectivity index (χ1n) is 6.89. The molecular weight excluding hydrogens is 264 g/mol. The van der Waals surface area contributed by atoms with Crippen LogP contribution in [-0.4, -0.2) is 39.6 Å². The first-order valence-corrected chi connectivity index (χ1v) is 6.89. The van der Waals surface area contributed by atoms with Gasteiger partial charge < -0.3 is 21.3 Å². The van der Waals surface area contributed by atoms with E-state index in [1.54, 1.807) is 0 Å². The van der Waals surface area contributed by atoms with Gasteiger partial charge in [0.05, 0.1) is 5.54 Å². The number of amides is 1. The Morgan fingerprint density at radius 1 is 1.15 bits per heavy atom. The van der Waals surface area contributed by atoms with E-state index < -0.39 is 29.4 Å². The minimum Gasteiger partial charge on any atom is -0.481 e. The number of carbonyl (C=O) groups excluding carboxylic acids is 1. The van der Waals surface area contributed by atoms with Crippen molar-refractivity contribution >= 4 is 17.8 Å². The van der Waals surface area contributed by atoms with Gasteiger partial charge in [-0.2, -0.15) is 0 Å². The Hall–Kier alpha value is -1.63. The first-order chi connectivity index (χ1) is 9.35. The predicted molar refractivity (Wildman–Crippen MR) is 71.1 cm³/mol. The highest BCUT2D eigenvalue weighted by molar-refractivity contribution is 5.90. The number of nitrogens with two attached hydrogens (primary N) is 1. The van der Waals surface area contributed by atoms with Gasteiger partial charge in [0.15, 0.2) is 0 Å². The average Bonchev–Trinajstić information content (AvgIpc) is 2.37. The van der Waals surface area contributed by atoms with Gasteiger partial charge in [-0.25, -0.2) is 4.79 Å². The summed E-state index contributed by atoms with van der Waals surface area (Å²) in [6, 6.07) is -1.08. The third-order valence-electron chi connectivity index (χ3n) is 3.68. The number of aliphatic carboxylic acids is 2. The zero-order valence-corrected chi connectivity index (χ0v) is 11.4. The van der Waals surface area contributed by atoms with Crippen molar-refractivity contribution in [1.29, 1.82) is 0 Å². The minimum atomic E-state index is -1.16. The van der Waals surface area contributed by atoms with Crippen LogP contribution in [-0.2, 0) is 14.4 Å². The molecule has 0 aromatic rings. The van der Waals surface area contributed by atoms with E-state index in [0.29, 0.717) is 12.8 Å². The smallest absolute Gasteiger partial charge is 0.326 e. The van der Waals surface area contributed by atoms with Gasteiger partial charge in [0.2, 0.25) is 5.91 Å². The monoisotopic (exact) mass is 286 g/mol. The van der Waals surface area contributed by atoms with Crippen LogP contribution in [0.2, 0.25) is 0 Å². The molecule has 0 spiro atoms. The van der Waals surface area contributed by atoms with Gasteiger partial charge in [0.1, 0.15) is 6.04 Å². The van der Waals surface area contributed by atoms with Crippen LogP contribution >= 0.6 is 0 Å². The van der Waals surface area contributed by atoms with Crippen molar-refractivity contribution in [2.45, 2.75) is 62.9 Å². The topological polar surface area (TPSA) is 130 Å². The Kier molecular flexibility index (Phi) is 5.94. The van der Waals surface area contributed by atoms with Crippen molar-refractivity contribution in [3.8, 4) is 0 Å². The molecule has 1 fully saturated rings. The average molecular weight is 286 g/mol. The second kappa shape index (κ2) is 7.23. The highest BCUT2D eigenvalue weighted by Crippen LogP contribution is 2.26. The molecule has 1 aliphatic rings. The van der Waals surface area contributed by atoms with Crippen molar-refractivity contribution in [2.75, 3.05) is 0 Å². The van der Waals surface area contributed by atoms with Crippen LogP contribution in [0.5, 0.6) is 0 Å². The van der Waals surface area contributed by atoms with Gasteiger partial charge in [-0.3, -0.25) is 9.59 Å². The molecule has 1 rings (SSSR count). The van der Waals surface area contributed by atoms with Crippen LogP contribution in [0.4, 0.5) is 0 Å². The standard InChI is InChI=1S/C13H22N2O5/c14-13(7-2-1-3-8-13)12(20)15-9(11(18)19)5-4-6-10(16)17/h9H,1-8,14H2,(H,15,20)(H,16,17)(H,18,19)/t9-/m1/s1. The van der Waals surface area contributed by atoms with Gasteiger partial charge in [0.25, 0.3) is 0 Å². The molecule has 0 heterocycles. The number of carboxylic acid groups (broad SMARTS) is 2. The minimum absolute atomic E-state index is 0.0868. The second-order valence-corrected chi connectivity index (χ2v) is 5.37. The van der Waals surface area contributed by atoms with E-state index in [-0.39, 0.29) is 19.3 Å². The summed E-state index contributed by atoms with van der Waals surface area (Å²) in [4.78, 5) is 33.6. The van der Waals surface area contributed by atoms with E-state index in [4.69, 9.17) is 15.9 Å². The fourth-order valence-corrected chi connectivity index (χ4v) is 2.43. The molecule has 0 unspecified atom stereocenters. The van der Waals surface area contributed by atoms with Crippen LogP contribution in [0.15, 0.2) is 0 Å². The number of hydrogen-bond acceptors (Lipinski definition) is 4. The molecule has 7 nitrogen and oxygen atoms in total. The Labute approximate surface area is 117 Å². The number of carboxylic acids is 2. The van der Waals surface area contributed by atoms with Crippen molar-refractivity contribution in [1.82, 2.24) is 5.32 Å². The molecule has 0 aromatic heterocycles. The fraction of sp³-hybridized carbons (Fsp3) is 0.769. The highest BCUT2D eigenvalue weighted by Gasteiger charge is 2.37. The molecular formula is C13H22N2O5. The molecule has 0 aromatic carbocycles. The van der Waals surface area contributed by atoms with Gasteiger partial charge in [-0.15, -0.1) is 0 Å². The summed E-state index contributed by atoms with van der Waals surface area (Å²) in [7, 11) is 0. The molecule has 1 aliphatic carbocycles. The SMILES string of the molecule is NC1(C(=O)N[C@H](CCCC(=O)O)C(=O)O)CCCCC1. The largest absolute Gasteiger partial charge is 0.481 e. The lowest BCUT2D eigenvalue weighted by molar-refractivity contribution is -0.143. The van der Waals surface area contributed by atoms with Gasteiger partial charge in [0, 0.05) is 6.42 Å². The second-order valence-electron chi connectivity index (χ2n) is 5.37.